The Morgan fingerprint density at radius 3 is 0.974 bits per heavy atom. The molecule has 117 heavy (non-hydrogen) atoms. The molecule has 0 aromatic carbocycles. The molecule has 2 heterocycles. The number of amidine groups is 2. The number of hydrogen-bond donors (Lipinski definition) is 20. The second-order valence-corrected chi connectivity index (χ2v) is 35.9. The molecule has 0 bridgehead atoms. The maximum Gasteiger partial charge on any atom is 0.317 e. The van der Waals surface area contributed by atoms with Crippen molar-refractivity contribution in [2.75, 3.05) is 216 Å². The molecule has 0 aromatic heterocycles. The van der Waals surface area contributed by atoms with Crippen molar-refractivity contribution in [1.29, 1.82) is 0 Å². The molecule has 2 fully saturated rings. The van der Waals surface area contributed by atoms with Gasteiger partial charge in [-0.05, 0) is 62.9 Å². The zero-order valence-electron chi connectivity index (χ0n) is 66.5. The standard InChI is InChI=1S/C70H126N12O29S6/c1-3-7-69(116-31-15-73-49(71)45-114-67-65(107)63(105)61(103)47(43-83)110-67,9-5-27-112-29-13-75-51(85)33-79(37-55(91)92)21-17-77(35-53(87)88)19-23-81(39-57(95)96)40-58(97)98)11-25-109-26-12-70(8-4-2,117-32-16-74-50(72)46-115-68-66(108)64(106)62(104)48(44-84)111-68)10-6-28-113-30-14-76-52(86)34-80(38-56(93)94)22-18-78(36-54(89)90)20-24-82(41-59(99)100)42-60(101)102/h47-48,61-68,83-84,103-108H,3-46H2,1-2H3,(H2,71,73)(H2,72,74)(H,75,85)(H,76,86)(H,87,88)(H,89,90)(H,91,92)(H,93,94)(H,95,96)(H,97,98)(H,99,100)(H,101,102)/t47-,48-,61-,62-,63+,64+,65+,66+,67?,68?,69?,70?/m1/s1. The molecule has 2 rings (SSSR count). The first-order valence-electron chi connectivity index (χ1n) is 38.5. The third-order valence-corrected chi connectivity index (χ3v) is 26.2. The van der Waals surface area contributed by atoms with Crippen LogP contribution in [0.25, 0.3) is 0 Å². The van der Waals surface area contributed by atoms with Crippen molar-refractivity contribution in [2.24, 2.45) is 21.5 Å². The number of nitrogens with two attached hydrogens (primary N) is 2. The van der Waals surface area contributed by atoms with E-state index in [4.69, 9.17) is 25.7 Å². The lowest BCUT2D eigenvalue weighted by Gasteiger charge is -2.39. The normalized spacial score (nSPS) is 21.1. The Balaban J connectivity index is 2.30. The van der Waals surface area contributed by atoms with Gasteiger partial charge in [0.05, 0.1) is 103 Å². The summed E-state index contributed by atoms with van der Waals surface area (Å²) in [6.07, 6.45) is -3.62. The topological polar surface area (TPSA) is 642 Å². The zero-order valence-corrected chi connectivity index (χ0v) is 71.4. The summed E-state index contributed by atoms with van der Waals surface area (Å²) in [6, 6.07) is 0. The molecule has 0 radical (unpaired) electrons. The van der Waals surface area contributed by atoms with E-state index < -0.39 is 185 Å². The number of aliphatic hydroxyl groups is 8. The Labute approximate surface area is 706 Å². The van der Waals surface area contributed by atoms with E-state index >= 15 is 0 Å². The Morgan fingerprint density at radius 2 is 0.684 bits per heavy atom. The van der Waals surface area contributed by atoms with E-state index in [0.29, 0.717) is 73.7 Å². The fourth-order valence-corrected chi connectivity index (χ4v) is 19.3. The molecule has 2 saturated heterocycles. The summed E-state index contributed by atoms with van der Waals surface area (Å²) in [4.78, 5) is 136. The van der Waals surface area contributed by atoms with Crippen LogP contribution in [0, 0.1) is 0 Å². The molecule has 0 saturated carbocycles. The monoisotopic (exact) mass is 1790 g/mol. The maximum atomic E-state index is 13.2. The Bertz CT molecular complexity index is 2790. The predicted molar refractivity (Wildman–Crippen MR) is 445 cm³/mol. The van der Waals surface area contributed by atoms with Crippen molar-refractivity contribution in [3.05, 3.63) is 0 Å². The van der Waals surface area contributed by atoms with Gasteiger partial charge in [-0.3, -0.25) is 87.3 Å². The van der Waals surface area contributed by atoms with Crippen LogP contribution in [0.15, 0.2) is 9.98 Å². The number of carboxylic acid groups (broad SMARTS) is 8. The molecule has 0 aromatic rings. The van der Waals surface area contributed by atoms with Crippen molar-refractivity contribution in [2.45, 2.75) is 147 Å². The number of aliphatic carboxylic acids is 8. The maximum absolute atomic E-state index is 13.2. The number of nitrogens with zero attached hydrogens (tertiary/aromatic N) is 8. The van der Waals surface area contributed by atoms with Gasteiger partial charge in [0.25, 0.3) is 0 Å². The van der Waals surface area contributed by atoms with Gasteiger partial charge in [0, 0.05) is 111 Å². The lowest BCUT2D eigenvalue weighted by molar-refractivity contribution is -0.205. The van der Waals surface area contributed by atoms with Gasteiger partial charge in [0.1, 0.15) is 71.4 Å². The molecule has 2 amide bonds. The van der Waals surface area contributed by atoms with Gasteiger partial charge in [0.2, 0.25) is 11.8 Å². The van der Waals surface area contributed by atoms with Crippen LogP contribution in [0.2, 0.25) is 0 Å². The van der Waals surface area contributed by atoms with Gasteiger partial charge in [-0.2, -0.15) is 47.0 Å². The third kappa shape index (κ3) is 48.5. The number of amides is 2. The summed E-state index contributed by atoms with van der Waals surface area (Å²) in [6.45, 7) is -0.825. The lowest BCUT2D eigenvalue weighted by Crippen LogP contribution is -2.57. The molecular formula is C70H126N12O29S6. The minimum atomic E-state index is -1.55. The van der Waals surface area contributed by atoms with Crippen molar-refractivity contribution in [3.63, 3.8) is 0 Å². The van der Waals surface area contributed by atoms with Gasteiger partial charge in [-0.15, -0.1) is 23.5 Å². The number of ether oxygens (including phenoxy) is 3. The number of carbonyl (C=O) groups is 10. The summed E-state index contributed by atoms with van der Waals surface area (Å²) in [7, 11) is 0. The van der Waals surface area contributed by atoms with Crippen LogP contribution in [0.3, 0.4) is 0 Å². The van der Waals surface area contributed by atoms with E-state index in [2.05, 4.69) is 34.5 Å². The zero-order chi connectivity index (χ0) is 87.5. The van der Waals surface area contributed by atoms with E-state index in [9.17, 15) is 130 Å². The summed E-state index contributed by atoms with van der Waals surface area (Å²) in [5, 5.41) is 163. The number of aliphatic imine (C=N–C) groups is 2. The molecule has 47 heteroatoms. The first-order chi connectivity index (χ1) is 55.5. The third-order valence-electron chi connectivity index (χ3n) is 18.4. The number of hydrogen-bond acceptors (Lipinski definition) is 35. The van der Waals surface area contributed by atoms with Crippen LogP contribution < -0.4 is 22.1 Å². The molecule has 2 aliphatic heterocycles. The van der Waals surface area contributed by atoms with Gasteiger partial charge in [0.15, 0.2) is 0 Å². The quantitative estimate of drug-likeness (QED) is 0.0156. The Hall–Kier alpha value is -4.94. The van der Waals surface area contributed by atoms with Crippen LogP contribution in [-0.2, 0) is 62.2 Å². The molecule has 0 aliphatic carbocycles. The summed E-state index contributed by atoms with van der Waals surface area (Å²) in [5.74, 6) is -6.76. The van der Waals surface area contributed by atoms with Gasteiger partial charge in [-0.25, -0.2) is 0 Å². The fraction of sp³-hybridized carbons (Fsp3) is 0.829. The van der Waals surface area contributed by atoms with Crippen LogP contribution in [0.5, 0.6) is 0 Å². The molecule has 22 N–H and O–H groups in total. The van der Waals surface area contributed by atoms with Crippen LogP contribution in [0.4, 0.5) is 0 Å². The van der Waals surface area contributed by atoms with E-state index in [-0.39, 0.29) is 111 Å². The number of thioether (sulfide) groups is 6. The van der Waals surface area contributed by atoms with E-state index in [1.165, 1.54) is 19.6 Å². The average Bonchev–Trinajstić information content (AvgIpc) is 0.821. The highest BCUT2D eigenvalue weighted by atomic mass is 32.2. The summed E-state index contributed by atoms with van der Waals surface area (Å²) >= 11 is 8.85. The lowest BCUT2D eigenvalue weighted by atomic mass is 9.93. The molecule has 676 valence electrons. The van der Waals surface area contributed by atoms with Crippen molar-refractivity contribution in [1.82, 2.24) is 40.0 Å². The van der Waals surface area contributed by atoms with Crippen LogP contribution in [-0.4, -0.2) is 468 Å². The van der Waals surface area contributed by atoms with E-state index in [0.717, 1.165) is 84.7 Å². The number of carbonyl (C=O) groups excluding carboxylic acids is 2. The Kier molecular flexibility index (Phi) is 56.7. The van der Waals surface area contributed by atoms with Gasteiger partial charge < -0.3 is 118 Å². The number of nitrogens with one attached hydrogen (secondary N) is 2. The van der Waals surface area contributed by atoms with E-state index in [1.54, 1.807) is 47.0 Å². The Morgan fingerprint density at radius 1 is 0.393 bits per heavy atom. The summed E-state index contributed by atoms with van der Waals surface area (Å²) < 4.78 is 17.3. The second-order valence-electron chi connectivity index (χ2n) is 28.1. The van der Waals surface area contributed by atoms with Crippen molar-refractivity contribution < 1.29 is 144 Å². The first kappa shape index (κ1) is 108. The SMILES string of the molecule is CCCC(CCCSCCNC(=O)CN(CCN(CCN(CC(=O)O)CC(=O)O)CC(=O)O)CC(=O)O)(CCOCCC(CCC)(CCCSCCNC(=O)CN(CCN(CCN(CC(=O)O)CC(=O)O)CC(=O)O)CC(=O)O)SCCN=C(N)CSC1O[C@H](CO)[C@@H](O)[C@H](O)[C@@H]1O)SCCN=C(N)CSC1O[C@H](CO)[C@@H](O)[C@H](O)[C@@H]1O. The van der Waals surface area contributed by atoms with Gasteiger partial charge in [-0.1, -0.05) is 26.7 Å². The molecular weight excluding hydrogens is 1670 g/mol. The minimum absolute atomic E-state index is 0.0359. The average molecular weight is 1790 g/mol. The molecule has 41 nitrogen and oxygen atoms in total. The molecule has 0 spiro atoms. The molecule has 4 unspecified atom stereocenters. The van der Waals surface area contributed by atoms with Crippen molar-refractivity contribution in [3.8, 4) is 0 Å². The number of aliphatic hydroxyl groups excluding tert-OH is 8. The fourth-order valence-electron chi connectivity index (χ4n) is 12.7. The highest BCUT2D eigenvalue weighted by Gasteiger charge is 2.45. The van der Waals surface area contributed by atoms with E-state index in [1.807, 2.05) is 0 Å². The number of carboxylic acids is 8. The predicted octanol–water partition coefficient (Wildman–Crippen LogP) is -4.14. The van der Waals surface area contributed by atoms with Gasteiger partial charge >= 0.3 is 47.8 Å². The molecule has 2 aliphatic rings. The van der Waals surface area contributed by atoms with Crippen LogP contribution in [0.1, 0.15) is 78.1 Å². The minimum Gasteiger partial charge on any atom is -0.480 e. The smallest absolute Gasteiger partial charge is 0.317 e. The first-order valence-corrected chi connectivity index (χ1v) is 44.9. The summed E-state index contributed by atoms with van der Waals surface area (Å²) in [5.41, 5.74) is 10.7. The highest BCUT2D eigenvalue weighted by Crippen LogP contribution is 2.41. The molecule has 12 atom stereocenters. The van der Waals surface area contributed by atoms with Crippen LogP contribution >= 0.6 is 70.6 Å². The number of rotatable bonds is 72. The highest BCUT2D eigenvalue weighted by molar-refractivity contribution is 8.01. The second kappa shape index (κ2) is 61.4. The largest absolute Gasteiger partial charge is 0.480 e. The van der Waals surface area contributed by atoms with Crippen molar-refractivity contribution >= 4 is 142 Å².